The molecule has 0 saturated carbocycles. The van der Waals surface area contributed by atoms with Crippen molar-refractivity contribution >= 4 is 40.8 Å². The highest BCUT2D eigenvalue weighted by Gasteiger charge is 2.03. The van der Waals surface area contributed by atoms with Crippen molar-refractivity contribution in [2.75, 3.05) is 5.32 Å². The van der Waals surface area contributed by atoms with E-state index >= 15 is 0 Å². The summed E-state index contributed by atoms with van der Waals surface area (Å²) >= 11 is 5.08. The largest absolute Gasteiger partial charge is 0.332 e. The highest BCUT2D eigenvalue weighted by atomic mass is 32.1. The third kappa shape index (κ3) is 5.48. The molecule has 0 aliphatic carbocycles. The molecular weight excluding hydrogens is 308 g/mol. The molecule has 1 amide bonds. The molecule has 0 saturated heterocycles. The summed E-state index contributed by atoms with van der Waals surface area (Å²) in [5.41, 5.74) is 2.25. The number of ketones is 1. The van der Waals surface area contributed by atoms with Crippen molar-refractivity contribution in [2.24, 2.45) is 0 Å². The molecule has 2 rings (SSSR count). The van der Waals surface area contributed by atoms with E-state index in [0.717, 1.165) is 5.56 Å². The van der Waals surface area contributed by atoms with Crippen LogP contribution in [0.4, 0.5) is 5.69 Å². The smallest absolute Gasteiger partial charge is 0.250 e. The lowest BCUT2D eigenvalue weighted by Crippen LogP contribution is -2.32. The SMILES string of the molecule is CC(=O)c1ccc(NC(=S)NC(=O)/C=C/c2ccccc2)cc1. The molecule has 5 heteroatoms. The van der Waals surface area contributed by atoms with E-state index in [1.807, 2.05) is 30.3 Å². The number of carbonyl (C=O) groups excluding carboxylic acids is 2. The molecule has 4 nitrogen and oxygen atoms in total. The maximum Gasteiger partial charge on any atom is 0.250 e. The Bertz CT molecular complexity index is 737. The molecule has 0 aliphatic heterocycles. The number of rotatable bonds is 4. The van der Waals surface area contributed by atoms with E-state index in [0.29, 0.717) is 11.3 Å². The third-order valence-corrected chi connectivity index (χ3v) is 3.22. The van der Waals surface area contributed by atoms with Crippen LogP contribution in [0.25, 0.3) is 6.08 Å². The number of hydrogen-bond acceptors (Lipinski definition) is 3. The van der Waals surface area contributed by atoms with Crippen LogP contribution in [-0.4, -0.2) is 16.8 Å². The topological polar surface area (TPSA) is 58.2 Å². The first-order valence-electron chi connectivity index (χ1n) is 7.01. The van der Waals surface area contributed by atoms with Crippen molar-refractivity contribution in [2.45, 2.75) is 6.92 Å². The van der Waals surface area contributed by atoms with Crippen LogP contribution >= 0.6 is 12.2 Å². The minimum Gasteiger partial charge on any atom is -0.332 e. The van der Waals surface area contributed by atoms with Crippen LogP contribution in [-0.2, 0) is 4.79 Å². The lowest BCUT2D eigenvalue weighted by Gasteiger charge is -2.08. The van der Waals surface area contributed by atoms with Crippen LogP contribution in [0, 0.1) is 0 Å². The fourth-order valence-corrected chi connectivity index (χ4v) is 2.06. The van der Waals surface area contributed by atoms with Gasteiger partial charge in [-0.3, -0.25) is 14.9 Å². The molecular formula is C18H16N2O2S. The molecule has 0 spiro atoms. The third-order valence-electron chi connectivity index (χ3n) is 3.01. The zero-order valence-electron chi connectivity index (χ0n) is 12.6. The van der Waals surface area contributed by atoms with E-state index in [1.54, 1.807) is 30.3 Å². The van der Waals surface area contributed by atoms with Crippen LogP contribution in [0.15, 0.2) is 60.7 Å². The van der Waals surface area contributed by atoms with Crippen molar-refractivity contribution in [3.63, 3.8) is 0 Å². The van der Waals surface area contributed by atoms with Crippen LogP contribution < -0.4 is 10.6 Å². The maximum atomic E-state index is 11.8. The van der Waals surface area contributed by atoms with Gasteiger partial charge in [0.1, 0.15) is 0 Å². The predicted octanol–water partition coefficient (Wildman–Crippen LogP) is 3.42. The molecule has 2 aromatic rings. The van der Waals surface area contributed by atoms with Gasteiger partial charge in [-0.2, -0.15) is 0 Å². The van der Waals surface area contributed by atoms with Crippen molar-refractivity contribution in [1.82, 2.24) is 5.32 Å². The van der Waals surface area contributed by atoms with Gasteiger partial charge in [0.15, 0.2) is 10.9 Å². The van der Waals surface area contributed by atoms with Gasteiger partial charge in [0.05, 0.1) is 0 Å². The van der Waals surface area contributed by atoms with Gasteiger partial charge < -0.3 is 5.32 Å². The zero-order valence-corrected chi connectivity index (χ0v) is 13.4. The summed E-state index contributed by atoms with van der Waals surface area (Å²) in [6.07, 6.45) is 3.13. The van der Waals surface area contributed by atoms with Crippen LogP contribution in [0.1, 0.15) is 22.8 Å². The summed E-state index contributed by atoms with van der Waals surface area (Å²) in [6, 6.07) is 16.4. The molecule has 0 aliphatic rings. The second-order valence-electron chi connectivity index (χ2n) is 4.82. The van der Waals surface area contributed by atoms with Crippen molar-refractivity contribution in [1.29, 1.82) is 0 Å². The monoisotopic (exact) mass is 324 g/mol. The summed E-state index contributed by atoms with van der Waals surface area (Å²) in [6.45, 7) is 1.51. The first-order chi connectivity index (χ1) is 11.0. The number of carbonyl (C=O) groups is 2. The molecule has 116 valence electrons. The second-order valence-corrected chi connectivity index (χ2v) is 5.23. The van der Waals surface area contributed by atoms with Gasteiger partial charge in [-0.05, 0) is 55.0 Å². The second kappa shape index (κ2) is 8.00. The summed E-state index contributed by atoms with van der Waals surface area (Å²) in [4.78, 5) is 23.0. The minimum atomic E-state index is -0.313. The molecule has 2 N–H and O–H groups in total. The average Bonchev–Trinajstić information content (AvgIpc) is 2.54. The molecule has 23 heavy (non-hydrogen) atoms. The Balaban J connectivity index is 1.87. The molecule has 0 atom stereocenters. The van der Waals surface area contributed by atoms with Crippen LogP contribution in [0.2, 0.25) is 0 Å². The molecule has 0 fully saturated rings. The maximum absolute atomic E-state index is 11.8. The Hall–Kier alpha value is -2.79. The molecule has 0 bridgehead atoms. The van der Waals surface area contributed by atoms with Gasteiger partial charge in [0, 0.05) is 17.3 Å². The number of thiocarbonyl (C=S) groups is 1. The Morgan fingerprint density at radius 2 is 1.65 bits per heavy atom. The fourth-order valence-electron chi connectivity index (χ4n) is 1.84. The molecule has 2 aromatic carbocycles. The number of anilines is 1. The van der Waals surface area contributed by atoms with Crippen molar-refractivity contribution < 1.29 is 9.59 Å². The fraction of sp³-hybridized carbons (Fsp3) is 0.0556. The standard InChI is InChI=1S/C18H16N2O2S/c1-13(21)15-8-10-16(11-9-15)19-18(23)20-17(22)12-7-14-5-3-2-4-6-14/h2-12H,1H3,(H2,19,20,22,23)/b12-7+. The van der Waals surface area contributed by atoms with Crippen LogP contribution in [0.5, 0.6) is 0 Å². The van der Waals surface area contributed by atoms with E-state index < -0.39 is 0 Å². The highest BCUT2D eigenvalue weighted by Crippen LogP contribution is 2.09. The van der Waals surface area contributed by atoms with E-state index in [2.05, 4.69) is 10.6 Å². The number of nitrogens with one attached hydrogen (secondary N) is 2. The Labute approximate surface area is 140 Å². The summed E-state index contributed by atoms with van der Waals surface area (Å²) < 4.78 is 0. The quantitative estimate of drug-likeness (QED) is 0.514. The number of Topliss-reactive ketones (excluding diaryl/α,β-unsaturated/α-hetero) is 1. The van der Waals surface area contributed by atoms with Crippen molar-refractivity contribution in [3.8, 4) is 0 Å². The average molecular weight is 324 g/mol. The predicted molar refractivity (Wildman–Crippen MR) is 96.3 cm³/mol. The normalized spacial score (nSPS) is 10.3. The molecule has 0 unspecified atom stereocenters. The highest BCUT2D eigenvalue weighted by molar-refractivity contribution is 7.80. The van der Waals surface area contributed by atoms with Gasteiger partial charge >= 0.3 is 0 Å². The first kappa shape index (κ1) is 16.6. The zero-order chi connectivity index (χ0) is 16.7. The van der Waals surface area contributed by atoms with Gasteiger partial charge in [0.2, 0.25) is 5.91 Å². The Morgan fingerprint density at radius 3 is 2.26 bits per heavy atom. The summed E-state index contributed by atoms with van der Waals surface area (Å²) in [7, 11) is 0. The lowest BCUT2D eigenvalue weighted by molar-refractivity contribution is -0.115. The van der Waals surface area contributed by atoms with Crippen molar-refractivity contribution in [3.05, 3.63) is 71.8 Å². The summed E-state index contributed by atoms with van der Waals surface area (Å²) in [5, 5.41) is 5.65. The Morgan fingerprint density at radius 1 is 1.00 bits per heavy atom. The summed E-state index contributed by atoms with van der Waals surface area (Å²) in [5.74, 6) is -0.315. The van der Waals surface area contributed by atoms with Gasteiger partial charge in [-0.25, -0.2) is 0 Å². The van der Waals surface area contributed by atoms with E-state index in [4.69, 9.17) is 12.2 Å². The number of hydrogen-bond donors (Lipinski definition) is 2. The van der Waals surface area contributed by atoms with Gasteiger partial charge in [0.25, 0.3) is 0 Å². The number of amides is 1. The van der Waals surface area contributed by atoms with E-state index in [9.17, 15) is 9.59 Å². The molecule has 0 heterocycles. The molecule has 0 aromatic heterocycles. The van der Waals surface area contributed by atoms with Crippen LogP contribution in [0.3, 0.4) is 0 Å². The molecule has 0 radical (unpaired) electrons. The van der Waals surface area contributed by atoms with E-state index in [-0.39, 0.29) is 16.8 Å². The number of benzene rings is 2. The van der Waals surface area contributed by atoms with Gasteiger partial charge in [-0.15, -0.1) is 0 Å². The van der Waals surface area contributed by atoms with Gasteiger partial charge in [-0.1, -0.05) is 30.3 Å². The van der Waals surface area contributed by atoms with E-state index in [1.165, 1.54) is 13.0 Å². The lowest BCUT2D eigenvalue weighted by atomic mass is 10.1. The Kier molecular flexibility index (Phi) is 5.77. The minimum absolute atomic E-state index is 0.00141. The first-order valence-corrected chi connectivity index (χ1v) is 7.41.